The molecule has 0 radical (unpaired) electrons. The molecule has 2 aromatic rings. The summed E-state index contributed by atoms with van der Waals surface area (Å²) in [7, 11) is 0. The third-order valence-electron chi connectivity index (χ3n) is 5.61. The fraction of sp³-hybridized carbons (Fsp3) is 0.375. The number of amides is 1. The minimum absolute atomic E-state index is 0.165. The van der Waals surface area contributed by atoms with Gasteiger partial charge in [-0.2, -0.15) is 13.2 Å². The minimum atomic E-state index is -4.46. The second-order valence-electron chi connectivity index (χ2n) is 7.99. The quantitative estimate of drug-likeness (QED) is 0.497. The van der Waals surface area contributed by atoms with Gasteiger partial charge < -0.3 is 9.64 Å². The Hall–Kier alpha value is -3.16. The van der Waals surface area contributed by atoms with Gasteiger partial charge in [0.25, 0.3) is 5.91 Å². The van der Waals surface area contributed by atoms with E-state index in [0.29, 0.717) is 18.4 Å². The van der Waals surface area contributed by atoms with E-state index in [1.807, 2.05) is 26.0 Å². The Bertz CT molecular complexity index is 1010. The van der Waals surface area contributed by atoms with E-state index in [-0.39, 0.29) is 37.0 Å². The van der Waals surface area contributed by atoms with E-state index in [0.717, 1.165) is 35.4 Å². The molecule has 170 valence electrons. The number of hydrogen-bond donors (Lipinski definition) is 0. The monoisotopic (exact) mass is 447 g/mol. The van der Waals surface area contributed by atoms with Gasteiger partial charge in [-0.1, -0.05) is 17.7 Å². The van der Waals surface area contributed by atoms with Gasteiger partial charge in [0.1, 0.15) is 0 Å². The summed E-state index contributed by atoms with van der Waals surface area (Å²) in [6.07, 6.45) is -3.73. The molecule has 0 N–H and O–H groups in total. The Morgan fingerprint density at radius 1 is 1.00 bits per heavy atom. The number of nitrogens with zero attached hydrogens (tertiary/aromatic N) is 1. The van der Waals surface area contributed by atoms with Crippen LogP contribution in [0.2, 0.25) is 0 Å². The molecule has 2 aromatic carbocycles. The molecule has 0 aromatic heterocycles. The van der Waals surface area contributed by atoms with Crippen LogP contribution in [0.15, 0.2) is 42.5 Å². The number of Topliss-reactive ketones (excluding diaryl/α,β-unsaturated/α-hetero) is 1. The number of benzene rings is 2. The predicted molar refractivity (Wildman–Crippen MR) is 111 cm³/mol. The topological polar surface area (TPSA) is 63.7 Å². The van der Waals surface area contributed by atoms with Crippen molar-refractivity contribution in [3.63, 3.8) is 0 Å². The lowest BCUT2D eigenvalue weighted by Crippen LogP contribution is -2.40. The second kappa shape index (κ2) is 9.54. The fourth-order valence-electron chi connectivity index (χ4n) is 3.67. The molecule has 1 aliphatic heterocycles. The van der Waals surface area contributed by atoms with Gasteiger partial charge in [-0.25, -0.2) is 0 Å². The van der Waals surface area contributed by atoms with Crippen LogP contribution in [0.25, 0.3) is 0 Å². The van der Waals surface area contributed by atoms with Crippen molar-refractivity contribution < 1.29 is 32.3 Å². The molecular weight excluding hydrogens is 423 g/mol. The molecule has 1 amide bonds. The molecule has 0 bridgehead atoms. The molecule has 0 aliphatic carbocycles. The highest BCUT2D eigenvalue weighted by Gasteiger charge is 2.32. The van der Waals surface area contributed by atoms with E-state index in [9.17, 15) is 27.6 Å². The summed E-state index contributed by atoms with van der Waals surface area (Å²) in [5.74, 6) is -1.56. The van der Waals surface area contributed by atoms with Crippen LogP contribution in [0, 0.1) is 19.8 Å². The normalized spacial score (nSPS) is 14.8. The number of halogens is 3. The Labute approximate surface area is 184 Å². The van der Waals surface area contributed by atoms with Gasteiger partial charge in [0, 0.05) is 24.2 Å². The Morgan fingerprint density at radius 2 is 1.62 bits per heavy atom. The first-order valence-electron chi connectivity index (χ1n) is 10.3. The van der Waals surface area contributed by atoms with Crippen LogP contribution in [0.5, 0.6) is 0 Å². The maximum Gasteiger partial charge on any atom is 0.416 e. The first-order valence-corrected chi connectivity index (χ1v) is 10.3. The smallest absolute Gasteiger partial charge is 0.416 e. The van der Waals surface area contributed by atoms with Crippen LogP contribution in [-0.4, -0.2) is 42.3 Å². The van der Waals surface area contributed by atoms with Gasteiger partial charge in [0.15, 0.2) is 6.61 Å². The van der Waals surface area contributed by atoms with Crippen molar-refractivity contribution in [2.24, 2.45) is 5.92 Å². The number of aryl methyl sites for hydroxylation is 2. The van der Waals surface area contributed by atoms with Crippen molar-refractivity contribution in [1.29, 1.82) is 0 Å². The highest BCUT2D eigenvalue weighted by Crippen LogP contribution is 2.29. The van der Waals surface area contributed by atoms with Crippen LogP contribution >= 0.6 is 0 Å². The number of piperidine rings is 1. The summed E-state index contributed by atoms with van der Waals surface area (Å²) in [5.41, 5.74) is 1.63. The molecule has 3 rings (SSSR count). The van der Waals surface area contributed by atoms with Crippen molar-refractivity contribution in [2.45, 2.75) is 32.9 Å². The lowest BCUT2D eigenvalue weighted by Gasteiger charge is -2.31. The number of ketones is 1. The zero-order valence-electron chi connectivity index (χ0n) is 17.9. The molecule has 8 heteroatoms. The molecule has 1 fully saturated rings. The minimum Gasteiger partial charge on any atom is -0.457 e. The number of alkyl halides is 3. The van der Waals surface area contributed by atoms with Crippen molar-refractivity contribution in [3.8, 4) is 0 Å². The Morgan fingerprint density at radius 3 is 2.22 bits per heavy atom. The number of rotatable bonds is 5. The van der Waals surface area contributed by atoms with Gasteiger partial charge in [-0.05, 0) is 62.6 Å². The lowest BCUT2D eigenvalue weighted by molar-refractivity contribution is -0.148. The first kappa shape index (κ1) is 23.5. The number of carbonyl (C=O) groups is 3. The molecule has 0 saturated carbocycles. The zero-order valence-corrected chi connectivity index (χ0v) is 17.9. The summed E-state index contributed by atoms with van der Waals surface area (Å²) in [6.45, 7) is 3.92. The van der Waals surface area contributed by atoms with Gasteiger partial charge >= 0.3 is 12.1 Å². The van der Waals surface area contributed by atoms with Crippen LogP contribution in [-0.2, 0) is 15.7 Å². The first-order chi connectivity index (χ1) is 15.1. The van der Waals surface area contributed by atoms with Gasteiger partial charge in [0.2, 0.25) is 5.78 Å². The van der Waals surface area contributed by atoms with Crippen LogP contribution in [0.3, 0.4) is 0 Å². The Kier molecular flexibility index (Phi) is 7.01. The SMILES string of the molecule is Cc1ccc(C)c(C(=O)COC(=O)C2CCN(C(=O)c3ccc(C(F)(F)F)cc3)CC2)c1. The van der Waals surface area contributed by atoms with E-state index in [4.69, 9.17) is 4.74 Å². The number of hydrogen-bond acceptors (Lipinski definition) is 4. The van der Waals surface area contributed by atoms with E-state index in [1.54, 1.807) is 6.07 Å². The summed E-state index contributed by atoms with van der Waals surface area (Å²) in [5, 5.41) is 0. The van der Waals surface area contributed by atoms with Crippen molar-refractivity contribution in [2.75, 3.05) is 19.7 Å². The highest BCUT2D eigenvalue weighted by atomic mass is 19.4. The van der Waals surface area contributed by atoms with Crippen LogP contribution in [0.4, 0.5) is 13.2 Å². The number of ether oxygens (including phenoxy) is 1. The van der Waals surface area contributed by atoms with Gasteiger partial charge in [0.05, 0.1) is 11.5 Å². The lowest BCUT2D eigenvalue weighted by atomic mass is 9.96. The molecule has 0 spiro atoms. The molecule has 1 heterocycles. The average Bonchev–Trinajstić information content (AvgIpc) is 2.78. The fourth-order valence-corrected chi connectivity index (χ4v) is 3.67. The van der Waals surface area contributed by atoms with E-state index in [1.165, 1.54) is 4.90 Å². The van der Waals surface area contributed by atoms with E-state index < -0.39 is 23.6 Å². The van der Waals surface area contributed by atoms with Crippen molar-refractivity contribution in [1.82, 2.24) is 4.90 Å². The second-order valence-corrected chi connectivity index (χ2v) is 7.99. The molecule has 0 atom stereocenters. The summed E-state index contributed by atoms with van der Waals surface area (Å²) >= 11 is 0. The summed E-state index contributed by atoms with van der Waals surface area (Å²) in [6, 6.07) is 9.58. The largest absolute Gasteiger partial charge is 0.457 e. The van der Waals surface area contributed by atoms with Crippen LogP contribution in [0.1, 0.15) is 50.2 Å². The average molecular weight is 447 g/mol. The molecule has 32 heavy (non-hydrogen) atoms. The third kappa shape index (κ3) is 5.55. The molecule has 5 nitrogen and oxygen atoms in total. The number of carbonyl (C=O) groups excluding carboxylic acids is 3. The third-order valence-corrected chi connectivity index (χ3v) is 5.61. The molecule has 1 saturated heterocycles. The number of esters is 1. The van der Waals surface area contributed by atoms with Crippen LogP contribution < -0.4 is 0 Å². The standard InChI is InChI=1S/C24H24F3NO4/c1-15-3-4-16(2)20(13-15)21(29)14-32-23(31)18-9-11-28(12-10-18)22(30)17-5-7-19(8-6-17)24(25,26)27/h3-8,13,18H,9-12,14H2,1-2H3. The summed E-state index contributed by atoms with van der Waals surface area (Å²) in [4.78, 5) is 38.8. The maximum absolute atomic E-state index is 12.7. The number of likely N-dealkylation sites (tertiary alicyclic amines) is 1. The molecule has 0 unspecified atom stereocenters. The van der Waals surface area contributed by atoms with Gasteiger partial charge in [-0.3, -0.25) is 14.4 Å². The predicted octanol–water partition coefficient (Wildman–Crippen LogP) is 4.60. The molecule has 1 aliphatic rings. The Balaban J connectivity index is 1.50. The molecular formula is C24H24F3NO4. The van der Waals surface area contributed by atoms with Crippen molar-refractivity contribution in [3.05, 3.63) is 70.3 Å². The maximum atomic E-state index is 12.7. The zero-order chi connectivity index (χ0) is 23.5. The van der Waals surface area contributed by atoms with E-state index in [2.05, 4.69) is 0 Å². The van der Waals surface area contributed by atoms with E-state index >= 15 is 0 Å². The van der Waals surface area contributed by atoms with Crippen molar-refractivity contribution >= 4 is 17.7 Å². The summed E-state index contributed by atoms with van der Waals surface area (Å²) < 4.78 is 43.3. The van der Waals surface area contributed by atoms with Gasteiger partial charge in [-0.15, -0.1) is 0 Å². The highest BCUT2D eigenvalue weighted by molar-refractivity contribution is 5.99.